The lowest BCUT2D eigenvalue weighted by atomic mass is 9.94. The van der Waals surface area contributed by atoms with Crippen LogP contribution < -0.4 is 9.80 Å². The number of hydrogen-bond acceptors (Lipinski definition) is 4. The molecule has 0 atom stereocenters. The number of hydrogen-bond donors (Lipinski definition) is 0. The van der Waals surface area contributed by atoms with E-state index in [2.05, 4.69) is 0 Å². The van der Waals surface area contributed by atoms with E-state index in [9.17, 15) is 28.1 Å². The highest BCUT2D eigenvalue weighted by Crippen LogP contribution is 2.38. The van der Waals surface area contributed by atoms with E-state index in [1.54, 1.807) is 16.8 Å². The molecule has 2 aromatic rings. The minimum atomic E-state index is -4.65. The number of nitro groups is 1. The lowest BCUT2D eigenvalue weighted by Crippen LogP contribution is -2.41. The monoisotopic (exact) mass is 435 g/mol. The number of aryl methyl sites for hydroxylation is 2. The van der Waals surface area contributed by atoms with Crippen LogP contribution in [0.15, 0.2) is 36.4 Å². The number of halogens is 3. The fourth-order valence-corrected chi connectivity index (χ4v) is 3.95. The molecule has 0 aliphatic carbocycles. The zero-order valence-electron chi connectivity index (χ0n) is 17.6. The Labute approximate surface area is 178 Å². The van der Waals surface area contributed by atoms with Crippen LogP contribution in [0.5, 0.6) is 0 Å². The third-order valence-electron chi connectivity index (χ3n) is 5.74. The first-order valence-electron chi connectivity index (χ1n) is 9.94. The summed E-state index contributed by atoms with van der Waals surface area (Å²) in [6.45, 7) is 4.59. The van der Waals surface area contributed by atoms with Gasteiger partial charge in [-0.3, -0.25) is 14.9 Å². The van der Waals surface area contributed by atoms with Crippen molar-refractivity contribution in [2.45, 2.75) is 32.9 Å². The molecule has 0 saturated carbocycles. The molecule has 1 fully saturated rings. The number of carbonyl (C=O) groups is 1. The van der Waals surface area contributed by atoms with Crippen LogP contribution in [-0.4, -0.2) is 31.0 Å². The van der Waals surface area contributed by atoms with Crippen molar-refractivity contribution >= 4 is 23.0 Å². The maximum absolute atomic E-state index is 13.0. The van der Waals surface area contributed by atoms with Gasteiger partial charge in [0.25, 0.3) is 5.69 Å². The van der Waals surface area contributed by atoms with Crippen LogP contribution in [-0.2, 0) is 11.0 Å². The number of piperidine rings is 1. The summed E-state index contributed by atoms with van der Waals surface area (Å²) in [6.07, 6.45) is -3.72. The van der Waals surface area contributed by atoms with Gasteiger partial charge in [0.15, 0.2) is 0 Å². The van der Waals surface area contributed by atoms with Gasteiger partial charge in [0.05, 0.1) is 10.5 Å². The largest absolute Gasteiger partial charge is 0.416 e. The number of carbonyl (C=O) groups excluding carboxylic acids is 1. The molecule has 9 heteroatoms. The van der Waals surface area contributed by atoms with Crippen LogP contribution in [0.25, 0.3) is 0 Å². The van der Waals surface area contributed by atoms with Crippen molar-refractivity contribution in [2.75, 3.05) is 29.9 Å². The summed E-state index contributed by atoms with van der Waals surface area (Å²) in [5.41, 5.74) is 1.39. The number of rotatable bonds is 4. The van der Waals surface area contributed by atoms with E-state index in [0.717, 1.165) is 28.9 Å². The minimum Gasteiger partial charge on any atom is -0.366 e. The van der Waals surface area contributed by atoms with E-state index in [0.29, 0.717) is 32.0 Å². The van der Waals surface area contributed by atoms with Crippen LogP contribution in [0.1, 0.15) is 29.5 Å². The summed E-state index contributed by atoms with van der Waals surface area (Å²) in [5, 5.41) is 11.4. The number of alkyl halides is 3. The first-order chi connectivity index (χ1) is 14.5. The third kappa shape index (κ3) is 4.81. The molecule has 1 amide bonds. The fraction of sp³-hybridized carbons (Fsp3) is 0.409. The van der Waals surface area contributed by atoms with Crippen molar-refractivity contribution in [3.63, 3.8) is 0 Å². The van der Waals surface area contributed by atoms with Crippen LogP contribution in [0.3, 0.4) is 0 Å². The Morgan fingerprint density at radius 2 is 1.77 bits per heavy atom. The molecule has 0 spiro atoms. The molecule has 31 heavy (non-hydrogen) atoms. The molecule has 0 radical (unpaired) electrons. The van der Waals surface area contributed by atoms with E-state index in [4.69, 9.17) is 0 Å². The second-order valence-corrected chi connectivity index (χ2v) is 7.91. The molecule has 0 aromatic heterocycles. The molecule has 1 saturated heterocycles. The van der Waals surface area contributed by atoms with Crippen molar-refractivity contribution in [3.8, 4) is 0 Å². The number of anilines is 2. The summed E-state index contributed by atoms with van der Waals surface area (Å²) in [4.78, 5) is 26.9. The number of benzene rings is 2. The summed E-state index contributed by atoms with van der Waals surface area (Å²) in [7, 11) is 1.73. The highest BCUT2D eigenvalue weighted by atomic mass is 19.4. The molecule has 3 rings (SSSR count). The maximum Gasteiger partial charge on any atom is 0.416 e. The highest BCUT2D eigenvalue weighted by Gasteiger charge is 2.35. The number of amides is 1. The molecular formula is C22H24F3N3O3. The van der Waals surface area contributed by atoms with Crippen LogP contribution in [0.2, 0.25) is 0 Å². The Bertz CT molecular complexity index is 999. The fourth-order valence-electron chi connectivity index (χ4n) is 3.95. The van der Waals surface area contributed by atoms with Gasteiger partial charge in [0.1, 0.15) is 5.69 Å². The standard InChI is InChI=1S/C22H24F3N3O3/c1-14-4-5-15(2)19(12-14)26(3)21(29)16-8-10-27(11-9-16)18-7-6-17(22(23,24)25)13-20(18)28(30)31/h4-7,12-13,16H,8-11H2,1-3H3. The highest BCUT2D eigenvalue weighted by molar-refractivity contribution is 5.95. The molecule has 1 aliphatic heterocycles. The minimum absolute atomic E-state index is 0.0322. The van der Waals surface area contributed by atoms with Gasteiger partial charge in [0, 0.05) is 37.8 Å². The molecular weight excluding hydrogens is 411 g/mol. The molecule has 0 unspecified atom stereocenters. The average Bonchev–Trinajstić information content (AvgIpc) is 2.73. The first-order valence-corrected chi connectivity index (χ1v) is 9.94. The predicted octanol–water partition coefficient (Wildman–Crippen LogP) is 5.11. The normalized spacial score (nSPS) is 15.1. The van der Waals surface area contributed by atoms with Gasteiger partial charge in [-0.05, 0) is 56.0 Å². The zero-order valence-corrected chi connectivity index (χ0v) is 17.6. The second-order valence-electron chi connectivity index (χ2n) is 7.91. The van der Waals surface area contributed by atoms with Crippen molar-refractivity contribution in [2.24, 2.45) is 5.92 Å². The molecule has 2 aromatic carbocycles. The van der Waals surface area contributed by atoms with E-state index in [-0.39, 0.29) is 17.5 Å². The maximum atomic E-state index is 13.0. The lowest BCUT2D eigenvalue weighted by molar-refractivity contribution is -0.384. The summed E-state index contributed by atoms with van der Waals surface area (Å²) in [5.74, 6) is -0.287. The second kappa shape index (κ2) is 8.56. The van der Waals surface area contributed by atoms with Gasteiger partial charge < -0.3 is 9.80 Å². The topological polar surface area (TPSA) is 66.7 Å². The van der Waals surface area contributed by atoms with Crippen molar-refractivity contribution in [3.05, 3.63) is 63.2 Å². The Hall–Kier alpha value is -3.10. The third-order valence-corrected chi connectivity index (χ3v) is 5.74. The van der Waals surface area contributed by atoms with E-state index in [1.807, 2.05) is 32.0 Å². The number of nitro benzene ring substituents is 1. The first kappa shape index (κ1) is 22.6. The van der Waals surface area contributed by atoms with Crippen molar-refractivity contribution in [1.82, 2.24) is 0 Å². The van der Waals surface area contributed by atoms with Crippen LogP contribution in [0.4, 0.5) is 30.2 Å². The molecule has 0 bridgehead atoms. The average molecular weight is 435 g/mol. The van der Waals surface area contributed by atoms with E-state index in [1.165, 1.54) is 0 Å². The SMILES string of the molecule is Cc1ccc(C)c(N(C)C(=O)C2CCN(c3ccc(C(F)(F)F)cc3[N+](=O)[O-])CC2)c1. The smallest absolute Gasteiger partial charge is 0.366 e. The Balaban J connectivity index is 1.74. The van der Waals surface area contributed by atoms with Gasteiger partial charge in [-0.15, -0.1) is 0 Å². The van der Waals surface area contributed by atoms with E-state index < -0.39 is 22.4 Å². The van der Waals surface area contributed by atoms with Crippen LogP contribution in [0, 0.1) is 29.9 Å². The number of nitrogens with zero attached hydrogens (tertiary/aromatic N) is 3. The van der Waals surface area contributed by atoms with Crippen molar-refractivity contribution < 1.29 is 22.9 Å². The van der Waals surface area contributed by atoms with Gasteiger partial charge in [-0.1, -0.05) is 12.1 Å². The summed E-state index contributed by atoms with van der Waals surface area (Å²) >= 11 is 0. The molecule has 6 nitrogen and oxygen atoms in total. The van der Waals surface area contributed by atoms with Crippen molar-refractivity contribution in [1.29, 1.82) is 0 Å². The quantitative estimate of drug-likeness (QED) is 0.495. The van der Waals surface area contributed by atoms with Gasteiger partial charge in [-0.2, -0.15) is 13.2 Å². The summed E-state index contributed by atoms with van der Waals surface area (Å²) in [6, 6.07) is 8.46. The Kier molecular flexibility index (Phi) is 6.24. The lowest BCUT2D eigenvalue weighted by Gasteiger charge is -2.34. The zero-order chi connectivity index (χ0) is 22.9. The van der Waals surface area contributed by atoms with Gasteiger partial charge in [0.2, 0.25) is 5.91 Å². The van der Waals surface area contributed by atoms with E-state index >= 15 is 0 Å². The Morgan fingerprint density at radius 3 is 2.35 bits per heavy atom. The van der Waals surface area contributed by atoms with Crippen LogP contribution >= 0.6 is 0 Å². The molecule has 0 N–H and O–H groups in total. The van der Waals surface area contributed by atoms with Gasteiger partial charge in [-0.25, -0.2) is 0 Å². The Morgan fingerprint density at radius 1 is 1.13 bits per heavy atom. The molecule has 1 heterocycles. The predicted molar refractivity (Wildman–Crippen MR) is 112 cm³/mol. The molecule has 166 valence electrons. The molecule has 1 aliphatic rings. The summed E-state index contributed by atoms with van der Waals surface area (Å²) < 4.78 is 38.8. The van der Waals surface area contributed by atoms with Gasteiger partial charge >= 0.3 is 6.18 Å².